The fourth-order valence-corrected chi connectivity index (χ4v) is 2.28. The summed E-state index contributed by atoms with van der Waals surface area (Å²) in [5.74, 6) is 0. The Labute approximate surface area is 108 Å². The van der Waals surface area contributed by atoms with Gasteiger partial charge in [-0.3, -0.25) is 4.90 Å². The van der Waals surface area contributed by atoms with Gasteiger partial charge in [-0.2, -0.15) is 0 Å². The van der Waals surface area contributed by atoms with E-state index in [1.54, 1.807) is 5.57 Å². The van der Waals surface area contributed by atoms with E-state index in [1.165, 1.54) is 11.1 Å². The summed E-state index contributed by atoms with van der Waals surface area (Å²) in [6.45, 7) is 6.33. The molecule has 3 heteroatoms. The molecule has 1 aliphatic heterocycles. The largest absolute Gasteiger partial charge is 0.309 e. The van der Waals surface area contributed by atoms with Crippen molar-refractivity contribution in [1.29, 1.82) is 0 Å². The molecule has 0 saturated carbocycles. The van der Waals surface area contributed by atoms with Gasteiger partial charge in [0.1, 0.15) is 0 Å². The molecule has 1 aromatic rings. The molecule has 0 atom stereocenters. The number of nitrogens with zero attached hydrogens (tertiary/aromatic N) is 1. The molecule has 2 nitrogen and oxygen atoms in total. The lowest BCUT2D eigenvalue weighted by atomic mass is 10.0. The molecule has 0 radical (unpaired) electrons. The second-order valence-electron chi connectivity index (χ2n) is 4.79. The molecule has 0 aliphatic carbocycles. The van der Waals surface area contributed by atoms with Crippen LogP contribution >= 0.6 is 11.6 Å². The normalized spacial score (nSPS) is 14.9. The van der Waals surface area contributed by atoms with Gasteiger partial charge in [0.05, 0.1) is 0 Å². The maximum Gasteiger partial charge on any atom is 0.0409 e. The molecular weight excluding hydrogens is 232 g/mol. The zero-order valence-corrected chi connectivity index (χ0v) is 11.2. The lowest BCUT2D eigenvalue weighted by molar-refractivity contribution is 0.352. The molecule has 0 amide bonds. The number of hydrogen-bond donors (Lipinski definition) is 1. The van der Waals surface area contributed by atoms with Crippen molar-refractivity contribution in [2.45, 2.75) is 13.5 Å². The van der Waals surface area contributed by atoms with Crippen LogP contribution in [0.25, 0.3) is 0 Å². The predicted octanol–water partition coefficient (Wildman–Crippen LogP) is 2.69. The molecule has 0 aromatic heterocycles. The first kappa shape index (κ1) is 12.6. The monoisotopic (exact) mass is 250 g/mol. The Morgan fingerprint density at radius 1 is 1.41 bits per heavy atom. The summed E-state index contributed by atoms with van der Waals surface area (Å²) in [4.78, 5) is 2.33. The Kier molecular flexibility index (Phi) is 4.21. The van der Waals surface area contributed by atoms with E-state index in [4.69, 9.17) is 11.6 Å². The van der Waals surface area contributed by atoms with Crippen LogP contribution in [0.15, 0.2) is 35.4 Å². The number of benzene rings is 1. The highest BCUT2D eigenvalue weighted by molar-refractivity contribution is 6.30. The molecule has 0 unspecified atom stereocenters. The molecule has 1 fully saturated rings. The van der Waals surface area contributed by atoms with Gasteiger partial charge in [-0.25, -0.2) is 0 Å². The van der Waals surface area contributed by atoms with Gasteiger partial charge in [-0.15, -0.1) is 0 Å². The molecule has 1 aliphatic rings. The third-order valence-corrected chi connectivity index (χ3v) is 3.36. The standard InChI is InChI=1S/C14H19ClN2/c1-11(13-7-16-8-13)9-17(2)10-12-4-3-5-14(15)6-12/h3-6,16H,7-10H2,1-2H3. The number of nitrogens with one attached hydrogen (secondary N) is 1. The van der Waals surface area contributed by atoms with Crippen LogP contribution in [-0.4, -0.2) is 31.6 Å². The predicted molar refractivity (Wildman–Crippen MR) is 73.4 cm³/mol. The van der Waals surface area contributed by atoms with Gasteiger partial charge in [-0.05, 0) is 37.2 Å². The SMILES string of the molecule is CC(CN(C)Cc1cccc(Cl)c1)=C1CNC1. The highest BCUT2D eigenvalue weighted by Gasteiger charge is 2.11. The summed E-state index contributed by atoms with van der Waals surface area (Å²) in [5, 5.41) is 4.09. The van der Waals surface area contributed by atoms with E-state index >= 15 is 0 Å². The number of likely N-dealkylation sites (N-methyl/N-ethyl adjacent to an activating group) is 1. The molecular formula is C14H19ClN2. The molecule has 0 spiro atoms. The third kappa shape index (κ3) is 3.56. The number of rotatable bonds is 4. The molecule has 1 heterocycles. The topological polar surface area (TPSA) is 15.3 Å². The fraction of sp³-hybridized carbons (Fsp3) is 0.429. The number of halogens is 1. The van der Waals surface area contributed by atoms with Crippen molar-refractivity contribution in [1.82, 2.24) is 10.2 Å². The second kappa shape index (κ2) is 5.67. The van der Waals surface area contributed by atoms with Gasteiger partial charge in [0, 0.05) is 31.2 Å². The Balaban J connectivity index is 1.91. The minimum Gasteiger partial charge on any atom is -0.309 e. The van der Waals surface area contributed by atoms with E-state index in [0.717, 1.165) is 31.2 Å². The van der Waals surface area contributed by atoms with Gasteiger partial charge in [0.25, 0.3) is 0 Å². The first-order chi connectivity index (χ1) is 8.15. The van der Waals surface area contributed by atoms with Crippen LogP contribution in [0, 0.1) is 0 Å². The lowest BCUT2D eigenvalue weighted by Crippen LogP contribution is -2.36. The summed E-state index contributed by atoms with van der Waals surface area (Å²) in [5.41, 5.74) is 4.32. The fourth-order valence-electron chi connectivity index (χ4n) is 2.07. The average Bonchev–Trinajstić information content (AvgIpc) is 2.13. The van der Waals surface area contributed by atoms with Gasteiger partial charge in [0.15, 0.2) is 0 Å². The van der Waals surface area contributed by atoms with Crippen molar-refractivity contribution >= 4 is 11.6 Å². The van der Waals surface area contributed by atoms with E-state index in [2.05, 4.69) is 30.3 Å². The molecule has 1 saturated heterocycles. The molecule has 2 rings (SSSR count). The number of hydrogen-bond acceptors (Lipinski definition) is 2. The van der Waals surface area contributed by atoms with Gasteiger partial charge in [0.2, 0.25) is 0 Å². The van der Waals surface area contributed by atoms with E-state index in [9.17, 15) is 0 Å². The summed E-state index contributed by atoms with van der Waals surface area (Å²) in [7, 11) is 2.15. The maximum absolute atomic E-state index is 5.98. The molecule has 1 N–H and O–H groups in total. The highest BCUT2D eigenvalue weighted by Crippen LogP contribution is 2.14. The summed E-state index contributed by atoms with van der Waals surface area (Å²) in [6.07, 6.45) is 0. The minimum atomic E-state index is 0.814. The highest BCUT2D eigenvalue weighted by atomic mass is 35.5. The van der Waals surface area contributed by atoms with Crippen molar-refractivity contribution in [3.8, 4) is 0 Å². The average molecular weight is 251 g/mol. The van der Waals surface area contributed by atoms with Crippen molar-refractivity contribution in [3.63, 3.8) is 0 Å². The van der Waals surface area contributed by atoms with Crippen LogP contribution in [0.2, 0.25) is 5.02 Å². The zero-order valence-electron chi connectivity index (χ0n) is 10.5. The smallest absolute Gasteiger partial charge is 0.0409 e. The summed E-state index contributed by atoms with van der Waals surface area (Å²) in [6, 6.07) is 8.08. The van der Waals surface area contributed by atoms with E-state index in [1.807, 2.05) is 18.2 Å². The van der Waals surface area contributed by atoms with E-state index in [-0.39, 0.29) is 0 Å². The Hall–Kier alpha value is -0.830. The summed E-state index contributed by atoms with van der Waals surface area (Å²) >= 11 is 5.98. The van der Waals surface area contributed by atoms with Crippen LogP contribution in [0.4, 0.5) is 0 Å². The Morgan fingerprint density at radius 3 is 2.76 bits per heavy atom. The van der Waals surface area contributed by atoms with Crippen LogP contribution in [-0.2, 0) is 6.54 Å². The van der Waals surface area contributed by atoms with Crippen LogP contribution < -0.4 is 5.32 Å². The van der Waals surface area contributed by atoms with Crippen molar-refractivity contribution in [3.05, 3.63) is 46.0 Å². The van der Waals surface area contributed by atoms with Crippen LogP contribution in [0.3, 0.4) is 0 Å². The van der Waals surface area contributed by atoms with Crippen LogP contribution in [0.1, 0.15) is 12.5 Å². The minimum absolute atomic E-state index is 0.814. The Bertz CT molecular complexity index is 420. The third-order valence-electron chi connectivity index (χ3n) is 3.13. The molecule has 1 aromatic carbocycles. The molecule has 92 valence electrons. The second-order valence-corrected chi connectivity index (χ2v) is 5.23. The van der Waals surface area contributed by atoms with Crippen molar-refractivity contribution < 1.29 is 0 Å². The first-order valence-corrected chi connectivity index (χ1v) is 6.34. The lowest BCUT2D eigenvalue weighted by Gasteiger charge is -2.25. The first-order valence-electron chi connectivity index (χ1n) is 5.96. The van der Waals surface area contributed by atoms with E-state index < -0.39 is 0 Å². The van der Waals surface area contributed by atoms with Gasteiger partial charge in [-0.1, -0.05) is 29.3 Å². The Morgan fingerprint density at radius 2 is 2.18 bits per heavy atom. The van der Waals surface area contributed by atoms with Gasteiger partial charge >= 0.3 is 0 Å². The molecule has 0 bridgehead atoms. The van der Waals surface area contributed by atoms with E-state index in [0.29, 0.717) is 0 Å². The van der Waals surface area contributed by atoms with Crippen LogP contribution in [0.5, 0.6) is 0 Å². The molecule has 17 heavy (non-hydrogen) atoms. The summed E-state index contributed by atoms with van der Waals surface area (Å²) < 4.78 is 0. The quantitative estimate of drug-likeness (QED) is 0.827. The van der Waals surface area contributed by atoms with Crippen molar-refractivity contribution in [2.75, 3.05) is 26.7 Å². The van der Waals surface area contributed by atoms with Crippen molar-refractivity contribution in [2.24, 2.45) is 0 Å². The van der Waals surface area contributed by atoms with Gasteiger partial charge < -0.3 is 5.32 Å². The zero-order chi connectivity index (χ0) is 12.3. The maximum atomic E-state index is 5.98.